The molecule has 2 unspecified atom stereocenters. The van der Waals surface area contributed by atoms with Crippen molar-refractivity contribution in [2.45, 2.75) is 192 Å². The molecule has 0 spiro atoms. The Labute approximate surface area is 534 Å². The Morgan fingerprint density at radius 3 is 1.52 bits per heavy atom. The lowest BCUT2D eigenvalue weighted by molar-refractivity contribution is 0.195. The molecule has 0 amide bonds. The maximum Gasteiger partial charge on any atom is 0.252 e. The van der Waals surface area contributed by atoms with Gasteiger partial charge in [-0.05, 0) is 217 Å². The Bertz CT molecular complexity index is 4700. The van der Waals surface area contributed by atoms with E-state index >= 15 is 0 Å². The summed E-state index contributed by atoms with van der Waals surface area (Å²) in [6.07, 6.45) is 9.34. The Kier molecular flexibility index (Phi) is 11.4. The van der Waals surface area contributed by atoms with Gasteiger partial charge < -0.3 is 14.7 Å². The number of thiophene rings is 1. The van der Waals surface area contributed by atoms with Gasteiger partial charge in [0.1, 0.15) is 0 Å². The number of hydrogen-bond acceptors (Lipinski definition) is 4. The Morgan fingerprint density at radius 2 is 0.854 bits per heavy atom. The van der Waals surface area contributed by atoms with E-state index in [0.717, 1.165) is 32.1 Å². The van der Waals surface area contributed by atoms with Crippen LogP contribution in [0.3, 0.4) is 0 Å². The summed E-state index contributed by atoms with van der Waals surface area (Å²) in [4.78, 5) is 8.46. The summed E-state index contributed by atoms with van der Waals surface area (Å²) < 4.78 is 2.66. The Morgan fingerprint density at radius 1 is 0.337 bits per heavy atom. The molecule has 0 saturated heterocycles. The van der Waals surface area contributed by atoms with E-state index in [1.165, 1.54) is 163 Å². The summed E-state index contributed by atoms with van der Waals surface area (Å²) >= 11 is 1.92. The molecule has 0 radical (unpaired) electrons. The molecule has 10 aromatic rings. The van der Waals surface area contributed by atoms with E-state index in [1.54, 1.807) is 0 Å². The summed E-state index contributed by atoms with van der Waals surface area (Å²) in [6.45, 7) is 35.3. The monoisotopic (exact) mass is 1180 g/mol. The summed E-state index contributed by atoms with van der Waals surface area (Å²) in [6, 6.07) is 68.6. The number of nitrogens with zero attached hydrogens (tertiary/aromatic N) is 3. The van der Waals surface area contributed by atoms with Gasteiger partial charge in [0.2, 0.25) is 0 Å². The molecule has 0 bridgehead atoms. The number of anilines is 8. The predicted molar refractivity (Wildman–Crippen MR) is 383 cm³/mol. The minimum atomic E-state index is -0.258. The average molecular weight is 1180 g/mol. The number of benzene rings is 9. The molecule has 9 aromatic carbocycles. The molecule has 1 aromatic heterocycles. The predicted octanol–water partition coefficient (Wildman–Crippen LogP) is 21.2. The molecule has 5 heteroatoms. The summed E-state index contributed by atoms with van der Waals surface area (Å²) in [5.41, 5.74) is 29.6. The second-order valence-corrected chi connectivity index (χ2v) is 33.6. The zero-order valence-corrected chi connectivity index (χ0v) is 56.0. The number of hydrogen-bond donors (Lipinski definition) is 0. The lowest BCUT2D eigenvalue weighted by atomic mass is 9.32. The van der Waals surface area contributed by atoms with Gasteiger partial charge in [-0.2, -0.15) is 0 Å². The highest BCUT2D eigenvalue weighted by molar-refractivity contribution is 7.25. The standard InChI is InChI=1S/C84H86BN3S/c1-77(2)38-39-78(3,4)61-44-54(31-33-58(61)77)87-70-49-63-62(79(5,6)40-41-80(63,7)8)47-67(70)85-68-48-64-65(82(11,12)60-28-20-19-27-59(60)81(64,9)10)50-71(68)86(53-32-35-75-57(43-53)56-26-18-21-29-74(56)89-75)72-45-55(46-73(87)76(72)85)88-69-34-30-52(51-24-16-15-17-25-51)42-66(69)83(13)36-22-23-37-84(83,88)14/h15-21,24-35,42-50H,22-23,36-41H2,1-14H3. The molecule has 4 aliphatic carbocycles. The van der Waals surface area contributed by atoms with E-state index in [4.69, 9.17) is 0 Å². The van der Waals surface area contributed by atoms with Crippen molar-refractivity contribution in [2.75, 3.05) is 14.7 Å². The van der Waals surface area contributed by atoms with Crippen LogP contribution in [0.1, 0.15) is 198 Å². The SMILES string of the molecule is CC1(C)CCC(C)(C)c2cc(N3c4cc5c(cc4B4c6cc7c(cc6N(c6ccc8sc9ccccc9c8c6)c6cc(N8c9ccc(-c%10ccccc%10)cc9C9(C)CCCCC89C)cc3c64)C(C)(C)c3ccccc3C7(C)C)C(C)(C)CCC5(C)C)ccc21. The molecule has 2 atom stereocenters. The molecule has 7 aliphatic rings. The van der Waals surface area contributed by atoms with Crippen molar-refractivity contribution >= 4 is 100 Å². The third-order valence-corrected chi connectivity index (χ3v) is 26.1. The minimum Gasteiger partial charge on any atom is -0.334 e. The van der Waals surface area contributed by atoms with Gasteiger partial charge in [-0.25, -0.2) is 0 Å². The summed E-state index contributed by atoms with van der Waals surface area (Å²) in [5.74, 6) is 0. The first-order valence-corrected chi connectivity index (χ1v) is 34.5. The minimum absolute atomic E-state index is 0.00144. The zero-order chi connectivity index (χ0) is 61.5. The van der Waals surface area contributed by atoms with Crippen molar-refractivity contribution in [2.24, 2.45) is 0 Å². The fourth-order valence-electron chi connectivity index (χ4n) is 19.2. The van der Waals surface area contributed by atoms with E-state index in [1.807, 2.05) is 11.3 Å². The van der Waals surface area contributed by atoms with Crippen LogP contribution in [0.4, 0.5) is 45.5 Å². The average Bonchev–Trinajstić information content (AvgIpc) is 1.56. The number of fused-ring (bicyclic) bond motifs is 14. The molecule has 17 rings (SSSR count). The van der Waals surface area contributed by atoms with Crippen molar-refractivity contribution in [3.63, 3.8) is 0 Å². The van der Waals surface area contributed by atoms with Crippen LogP contribution in [0.2, 0.25) is 0 Å². The Hall–Kier alpha value is -7.34. The van der Waals surface area contributed by atoms with Gasteiger partial charge in [0.25, 0.3) is 6.71 Å². The fourth-order valence-corrected chi connectivity index (χ4v) is 20.3. The summed E-state index contributed by atoms with van der Waals surface area (Å²) in [7, 11) is 0. The largest absolute Gasteiger partial charge is 0.334 e. The van der Waals surface area contributed by atoms with Gasteiger partial charge in [-0.15, -0.1) is 11.3 Å². The topological polar surface area (TPSA) is 9.72 Å². The van der Waals surface area contributed by atoms with Crippen LogP contribution >= 0.6 is 11.3 Å². The van der Waals surface area contributed by atoms with Gasteiger partial charge in [0.15, 0.2) is 0 Å². The summed E-state index contributed by atoms with van der Waals surface area (Å²) in [5, 5.41) is 2.65. The van der Waals surface area contributed by atoms with E-state index in [-0.39, 0.29) is 50.2 Å². The normalized spacial score (nSPS) is 22.9. The van der Waals surface area contributed by atoms with Crippen LogP contribution in [0.15, 0.2) is 170 Å². The van der Waals surface area contributed by atoms with Crippen LogP contribution in [0.25, 0.3) is 31.3 Å². The van der Waals surface area contributed by atoms with E-state index in [0.29, 0.717) is 0 Å². The lowest BCUT2D eigenvalue weighted by Crippen LogP contribution is -2.62. The highest BCUT2D eigenvalue weighted by Gasteiger charge is 2.59. The molecule has 4 heterocycles. The molecule has 1 fully saturated rings. The van der Waals surface area contributed by atoms with Crippen molar-refractivity contribution in [1.82, 2.24) is 0 Å². The van der Waals surface area contributed by atoms with Crippen LogP contribution in [0.5, 0.6) is 0 Å². The Balaban J connectivity index is 1.03. The smallest absolute Gasteiger partial charge is 0.252 e. The molecule has 3 aliphatic heterocycles. The quantitative estimate of drug-likeness (QED) is 0.163. The maximum absolute atomic E-state index is 2.88. The maximum atomic E-state index is 2.88. The van der Waals surface area contributed by atoms with Crippen molar-refractivity contribution in [1.29, 1.82) is 0 Å². The first-order valence-electron chi connectivity index (χ1n) is 33.7. The third-order valence-electron chi connectivity index (χ3n) is 25.0. The molecule has 89 heavy (non-hydrogen) atoms. The van der Waals surface area contributed by atoms with Crippen molar-refractivity contribution in [3.8, 4) is 11.1 Å². The van der Waals surface area contributed by atoms with Crippen LogP contribution in [0, 0.1) is 0 Å². The molecule has 446 valence electrons. The second-order valence-electron chi connectivity index (χ2n) is 32.5. The van der Waals surface area contributed by atoms with Gasteiger partial charge in [-0.3, -0.25) is 0 Å². The van der Waals surface area contributed by atoms with Crippen LogP contribution in [-0.4, -0.2) is 12.3 Å². The first kappa shape index (κ1) is 55.7. The van der Waals surface area contributed by atoms with Crippen molar-refractivity contribution < 1.29 is 0 Å². The number of rotatable bonds is 4. The highest BCUT2D eigenvalue weighted by atomic mass is 32.1. The molecule has 1 saturated carbocycles. The fraction of sp³-hybridized carbons (Fsp3) is 0.357. The lowest BCUT2D eigenvalue weighted by Gasteiger charge is -2.52. The zero-order valence-electron chi connectivity index (χ0n) is 55.1. The van der Waals surface area contributed by atoms with Gasteiger partial charge in [0, 0.05) is 81.9 Å². The second kappa shape index (κ2) is 18.2. The van der Waals surface area contributed by atoms with Crippen LogP contribution < -0.4 is 31.1 Å². The molecule has 0 N–H and O–H groups in total. The van der Waals surface area contributed by atoms with Gasteiger partial charge >= 0.3 is 0 Å². The molecule has 3 nitrogen and oxygen atoms in total. The van der Waals surface area contributed by atoms with E-state index in [9.17, 15) is 0 Å². The van der Waals surface area contributed by atoms with E-state index < -0.39 is 0 Å². The molecular formula is C84H86BN3S. The third kappa shape index (κ3) is 7.52. The van der Waals surface area contributed by atoms with Gasteiger partial charge in [-0.1, -0.05) is 200 Å². The molecular weight excluding hydrogens is 1090 g/mol. The van der Waals surface area contributed by atoms with Crippen molar-refractivity contribution in [3.05, 3.63) is 220 Å². The van der Waals surface area contributed by atoms with E-state index in [2.05, 4.69) is 281 Å². The highest BCUT2D eigenvalue weighted by Crippen LogP contribution is 2.63. The first-order chi connectivity index (χ1) is 42.3. The van der Waals surface area contributed by atoms with Crippen LogP contribution in [-0.2, 0) is 37.9 Å². The van der Waals surface area contributed by atoms with Gasteiger partial charge in [0.05, 0.1) is 5.54 Å².